The summed E-state index contributed by atoms with van der Waals surface area (Å²) in [5.41, 5.74) is 5.46. The first-order chi connectivity index (χ1) is 8.24. The molecule has 2 rings (SSSR count). The number of ether oxygens (including phenoxy) is 2. The number of hydrogen-bond acceptors (Lipinski definition) is 4. The lowest BCUT2D eigenvalue weighted by atomic mass is 9.87. The fourth-order valence-corrected chi connectivity index (χ4v) is 2.87. The SMILES string of the molecule is N#CC1(N)CCCC1CCOCC1CCCO1. The Morgan fingerprint density at radius 1 is 1.41 bits per heavy atom. The van der Waals surface area contributed by atoms with Crippen molar-refractivity contribution in [1.29, 1.82) is 5.26 Å². The van der Waals surface area contributed by atoms with Gasteiger partial charge >= 0.3 is 0 Å². The van der Waals surface area contributed by atoms with E-state index in [9.17, 15) is 0 Å². The molecule has 4 heteroatoms. The quantitative estimate of drug-likeness (QED) is 0.739. The summed E-state index contributed by atoms with van der Waals surface area (Å²) in [6.45, 7) is 2.26. The first-order valence-electron chi connectivity index (χ1n) is 6.64. The predicted molar refractivity (Wildman–Crippen MR) is 64.3 cm³/mol. The molecule has 0 spiro atoms. The zero-order valence-electron chi connectivity index (χ0n) is 10.4. The Balaban J connectivity index is 1.63. The molecule has 4 nitrogen and oxygen atoms in total. The van der Waals surface area contributed by atoms with Gasteiger partial charge in [0.15, 0.2) is 0 Å². The topological polar surface area (TPSA) is 68.3 Å². The van der Waals surface area contributed by atoms with Crippen LogP contribution in [0.2, 0.25) is 0 Å². The average Bonchev–Trinajstić information content (AvgIpc) is 2.95. The van der Waals surface area contributed by atoms with Crippen LogP contribution in [0.4, 0.5) is 0 Å². The van der Waals surface area contributed by atoms with Gasteiger partial charge in [-0.1, -0.05) is 6.42 Å². The highest BCUT2D eigenvalue weighted by atomic mass is 16.5. The molecule has 0 radical (unpaired) electrons. The molecule has 1 aliphatic carbocycles. The van der Waals surface area contributed by atoms with Crippen molar-refractivity contribution in [2.45, 2.75) is 50.2 Å². The van der Waals surface area contributed by atoms with Gasteiger partial charge in [-0.25, -0.2) is 0 Å². The van der Waals surface area contributed by atoms with Crippen molar-refractivity contribution in [1.82, 2.24) is 0 Å². The van der Waals surface area contributed by atoms with Gasteiger partial charge in [-0.3, -0.25) is 0 Å². The van der Waals surface area contributed by atoms with Crippen LogP contribution in [0.1, 0.15) is 38.5 Å². The Hall–Kier alpha value is -0.630. The third kappa shape index (κ3) is 3.19. The monoisotopic (exact) mass is 238 g/mol. The van der Waals surface area contributed by atoms with Crippen LogP contribution in [0.5, 0.6) is 0 Å². The molecule has 3 unspecified atom stereocenters. The van der Waals surface area contributed by atoms with Gasteiger partial charge in [0.2, 0.25) is 0 Å². The van der Waals surface area contributed by atoms with Gasteiger partial charge < -0.3 is 15.2 Å². The summed E-state index contributed by atoms with van der Waals surface area (Å²) >= 11 is 0. The van der Waals surface area contributed by atoms with Crippen molar-refractivity contribution in [3.8, 4) is 6.07 Å². The number of nitrogens with zero attached hydrogens (tertiary/aromatic N) is 1. The van der Waals surface area contributed by atoms with Gasteiger partial charge in [-0.2, -0.15) is 5.26 Å². The second-order valence-corrected chi connectivity index (χ2v) is 5.24. The first-order valence-corrected chi connectivity index (χ1v) is 6.64. The summed E-state index contributed by atoms with van der Waals surface area (Å²) in [6.07, 6.45) is 6.42. The van der Waals surface area contributed by atoms with E-state index in [1.165, 1.54) is 0 Å². The van der Waals surface area contributed by atoms with Gasteiger partial charge in [0.05, 0.1) is 18.8 Å². The zero-order valence-corrected chi connectivity index (χ0v) is 10.4. The van der Waals surface area contributed by atoms with Gasteiger partial charge in [-0.15, -0.1) is 0 Å². The van der Waals surface area contributed by atoms with E-state index in [0.29, 0.717) is 19.1 Å². The molecule has 2 aliphatic rings. The highest BCUT2D eigenvalue weighted by molar-refractivity contribution is 5.11. The first kappa shape index (κ1) is 12.8. The van der Waals surface area contributed by atoms with E-state index in [1.807, 2.05) is 0 Å². The van der Waals surface area contributed by atoms with E-state index in [2.05, 4.69) is 6.07 Å². The Kier molecular flexibility index (Phi) is 4.38. The molecule has 0 aromatic heterocycles. The summed E-state index contributed by atoms with van der Waals surface area (Å²) in [4.78, 5) is 0. The maximum atomic E-state index is 9.09. The van der Waals surface area contributed by atoms with Crippen LogP contribution >= 0.6 is 0 Å². The van der Waals surface area contributed by atoms with E-state index in [-0.39, 0.29) is 6.10 Å². The van der Waals surface area contributed by atoms with Gasteiger partial charge in [0.1, 0.15) is 5.54 Å². The molecule has 17 heavy (non-hydrogen) atoms. The van der Waals surface area contributed by atoms with Crippen LogP contribution in [-0.4, -0.2) is 31.5 Å². The lowest BCUT2D eigenvalue weighted by Crippen LogP contribution is -2.42. The summed E-state index contributed by atoms with van der Waals surface area (Å²) in [6, 6.07) is 2.27. The maximum Gasteiger partial charge on any atom is 0.107 e. The van der Waals surface area contributed by atoms with Crippen molar-refractivity contribution in [2.75, 3.05) is 19.8 Å². The third-order valence-electron chi connectivity index (χ3n) is 4.02. The molecule has 0 aromatic carbocycles. The van der Waals surface area contributed by atoms with Crippen LogP contribution in [0.25, 0.3) is 0 Å². The standard InChI is InChI=1S/C13H22N2O2/c14-10-13(15)6-1-3-11(13)5-8-16-9-12-4-2-7-17-12/h11-12H,1-9,15H2. The van der Waals surface area contributed by atoms with Gasteiger partial charge in [0, 0.05) is 13.2 Å². The minimum absolute atomic E-state index is 0.289. The smallest absolute Gasteiger partial charge is 0.107 e. The lowest BCUT2D eigenvalue weighted by Gasteiger charge is -2.23. The van der Waals surface area contributed by atoms with Gasteiger partial charge in [-0.05, 0) is 38.0 Å². The molecule has 1 saturated heterocycles. The molecular weight excluding hydrogens is 216 g/mol. The van der Waals surface area contributed by atoms with E-state index in [4.69, 9.17) is 20.5 Å². The normalized spacial score (nSPS) is 37.2. The minimum atomic E-state index is -0.604. The zero-order chi connectivity index (χ0) is 12.1. The second kappa shape index (κ2) is 5.81. The fourth-order valence-electron chi connectivity index (χ4n) is 2.87. The molecule has 96 valence electrons. The molecule has 3 atom stereocenters. The van der Waals surface area contributed by atoms with E-state index < -0.39 is 5.54 Å². The molecule has 0 amide bonds. The average molecular weight is 238 g/mol. The van der Waals surface area contributed by atoms with Gasteiger partial charge in [0.25, 0.3) is 0 Å². The van der Waals surface area contributed by atoms with Crippen molar-refractivity contribution >= 4 is 0 Å². The Labute approximate surface area is 103 Å². The Bertz CT molecular complexity index is 284. The van der Waals surface area contributed by atoms with Crippen molar-refractivity contribution in [3.63, 3.8) is 0 Å². The predicted octanol–water partition coefficient (Wildman–Crippen LogP) is 1.59. The summed E-state index contributed by atoms with van der Waals surface area (Å²) in [5, 5.41) is 9.09. The number of nitriles is 1. The molecule has 2 N–H and O–H groups in total. The Morgan fingerprint density at radius 3 is 3.00 bits per heavy atom. The number of hydrogen-bond donors (Lipinski definition) is 1. The van der Waals surface area contributed by atoms with Crippen molar-refractivity contribution in [2.24, 2.45) is 11.7 Å². The summed E-state index contributed by atoms with van der Waals surface area (Å²) < 4.78 is 11.1. The van der Waals surface area contributed by atoms with Crippen LogP contribution in [0.15, 0.2) is 0 Å². The van der Waals surface area contributed by atoms with Crippen molar-refractivity contribution in [3.05, 3.63) is 0 Å². The van der Waals surface area contributed by atoms with Crippen LogP contribution in [0, 0.1) is 17.2 Å². The minimum Gasteiger partial charge on any atom is -0.379 e. The number of rotatable bonds is 5. The molecule has 1 saturated carbocycles. The molecule has 1 aliphatic heterocycles. The van der Waals surface area contributed by atoms with Crippen molar-refractivity contribution < 1.29 is 9.47 Å². The van der Waals surface area contributed by atoms with E-state index in [1.54, 1.807) is 0 Å². The molecule has 0 aromatic rings. The van der Waals surface area contributed by atoms with E-state index >= 15 is 0 Å². The highest BCUT2D eigenvalue weighted by Crippen LogP contribution is 2.35. The molecule has 2 fully saturated rings. The molecular formula is C13H22N2O2. The summed E-state index contributed by atoms with van der Waals surface area (Å²) in [7, 11) is 0. The third-order valence-corrected chi connectivity index (χ3v) is 4.02. The molecule has 0 bridgehead atoms. The summed E-state index contributed by atoms with van der Waals surface area (Å²) in [5.74, 6) is 0.303. The maximum absolute atomic E-state index is 9.09. The largest absolute Gasteiger partial charge is 0.379 e. The molecule has 1 heterocycles. The Morgan fingerprint density at radius 2 is 2.29 bits per heavy atom. The van der Waals surface area contributed by atoms with Crippen LogP contribution < -0.4 is 5.73 Å². The number of nitrogens with two attached hydrogens (primary N) is 1. The fraction of sp³-hybridized carbons (Fsp3) is 0.923. The highest BCUT2D eigenvalue weighted by Gasteiger charge is 2.39. The van der Waals surface area contributed by atoms with E-state index in [0.717, 1.165) is 45.1 Å². The second-order valence-electron chi connectivity index (χ2n) is 5.24. The lowest BCUT2D eigenvalue weighted by molar-refractivity contribution is 0.0123. The van der Waals surface area contributed by atoms with Crippen LogP contribution in [-0.2, 0) is 9.47 Å². The van der Waals surface area contributed by atoms with Crippen LogP contribution in [0.3, 0.4) is 0 Å².